The second-order valence-corrected chi connectivity index (χ2v) is 11.9. The molecule has 2 rings (SSSR count). The van der Waals surface area contributed by atoms with E-state index in [1.807, 2.05) is 20.8 Å². The van der Waals surface area contributed by atoms with Crippen LogP contribution in [0.4, 0.5) is 0 Å². The molecular weight excluding hydrogens is 521 g/mol. The van der Waals surface area contributed by atoms with Crippen LogP contribution in [-0.2, 0) is 26.2 Å². The Hall–Kier alpha value is -2.13. The first-order valence-electron chi connectivity index (χ1n) is 12.0. The first-order chi connectivity index (χ1) is 17.0. The molecule has 0 unspecified atom stereocenters. The maximum atomic E-state index is 13.4. The van der Waals surface area contributed by atoms with Gasteiger partial charge in [0.2, 0.25) is 21.8 Å². The molecule has 0 fully saturated rings. The van der Waals surface area contributed by atoms with Crippen LogP contribution in [0.2, 0.25) is 10.0 Å². The zero-order chi connectivity index (χ0) is 26.9. The van der Waals surface area contributed by atoms with Gasteiger partial charge in [-0.15, -0.1) is 0 Å². The Balaban J connectivity index is 2.18. The van der Waals surface area contributed by atoms with E-state index in [-0.39, 0.29) is 48.6 Å². The van der Waals surface area contributed by atoms with E-state index in [0.29, 0.717) is 28.6 Å². The average Bonchev–Trinajstić information content (AvgIpc) is 2.84. The van der Waals surface area contributed by atoms with Crippen LogP contribution < -0.4 is 5.32 Å². The van der Waals surface area contributed by atoms with Gasteiger partial charge in [0.1, 0.15) is 6.04 Å². The lowest BCUT2D eigenvalue weighted by molar-refractivity contribution is -0.141. The molecular formula is C26H35Cl2N3O4S. The monoisotopic (exact) mass is 555 g/mol. The number of hydrogen-bond donors (Lipinski definition) is 1. The predicted molar refractivity (Wildman–Crippen MR) is 144 cm³/mol. The lowest BCUT2D eigenvalue weighted by atomic mass is 10.1. The quantitative estimate of drug-likeness (QED) is 0.377. The van der Waals surface area contributed by atoms with Gasteiger partial charge in [-0.2, -0.15) is 0 Å². The molecule has 2 aromatic carbocycles. The molecule has 0 radical (unpaired) electrons. The van der Waals surface area contributed by atoms with Crippen molar-refractivity contribution in [3.05, 3.63) is 64.1 Å². The molecule has 1 atom stereocenters. The Morgan fingerprint density at radius 3 is 2.17 bits per heavy atom. The van der Waals surface area contributed by atoms with Crippen LogP contribution in [0.5, 0.6) is 0 Å². The Bertz CT molecular complexity index is 1110. The minimum atomic E-state index is -3.66. The Labute approximate surface area is 224 Å². The van der Waals surface area contributed by atoms with Gasteiger partial charge in [0.25, 0.3) is 0 Å². The van der Waals surface area contributed by atoms with Gasteiger partial charge in [-0.1, -0.05) is 68.2 Å². The second kappa shape index (κ2) is 14.0. The molecule has 0 heterocycles. The van der Waals surface area contributed by atoms with Crippen molar-refractivity contribution in [2.24, 2.45) is 5.92 Å². The SMILES string of the molecule is CC[C@H](C(=O)NCC(C)C)N(Cc1c(Cl)cccc1Cl)C(=O)CCCN(C)S(=O)(=O)c1ccccc1. The van der Waals surface area contributed by atoms with Crippen molar-refractivity contribution in [1.82, 2.24) is 14.5 Å². The van der Waals surface area contributed by atoms with Gasteiger partial charge in [-0.25, -0.2) is 12.7 Å². The van der Waals surface area contributed by atoms with E-state index in [1.165, 1.54) is 28.4 Å². The third-order valence-corrected chi connectivity index (χ3v) is 8.35. The first-order valence-corrected chi connectivity index (χ1v) is 14.2. The summed E-state index contributed by atoms with van der Waals surface area (Å²) in [5.74, 6) is -0.259. The number of rotatable bonds is 13. The van der Waals surface area contributed by atoms with Crippen LogP contribution in [0.15, 0.2) is 53.4 Å². The van der Waals surface area contributed by atoms with Gasteiger partial charge >= 0.3 is 0 Å². The molecule has 1 N–H and O–H groups in total. The maximum absolute atomic E-state index is 13.4. The normalized spacial score (nSPS) is 12.6. The molecule has 7 nitrogen and oxygen atoms in total. The summed E-state index contributed by atoms with van der Waals surface area (Å²) in [4.78, 5) is 28.1. The van der Waals surface area contributed by atoms with Crippen molar-refractivity contribution in [2.75, 3.05) is 20.1 Å². The van der Waals surface area contributed by atoms with Crippen molar-refractivity contribution in [1.29, 1.82) is 0 Å². The van der Waals surface area contributed by atoms with E-state index in [0.717, 1.165) is 0 Å². The number of carbonyl (C=O) groups excluding carboxylic acids is 2. The molecule has 0 aliphatic rings. The molecule has 0 aromatic heterocycles. The van der Waals surface area contributed by atoms with Crippen LogP contribution in [0.3, 0.4) is 0 Å². The minimum absolute atomic E-state index is 0.0602. The molecule has 198 valence electrons. The Kier molecular flexibility index (Phi) is 11.7. The molecule has 0 aliphatic heterocycles. The molecule has 36 heavy (non-hydrogen) atoms. The van der Waals surface area contributed by atoms with Gasteiger partial charge in [-0.3, -0.25) is 9.59 Å². The number of nitrogens with one attached hydrogen (secondary N) is 1. The van der Waals surface area contributed by atoms with Crippen molar-refractivity contribution in [3.63, 3.8) is 0 Å². The zero-order valence-electron chi connectivity index (χ0n) is 21.2. The highest BCUT2D eigenvalue weighted by Crippen LogP contribution is 2.27. The van der Waals surface area contributed by atoms with E-state index in [1.54, 1.807) is 36.4 Å². The highest BCUT2D eigenvalue weighted by Gasteiger charge is 2.30. The number of sulfonamides is 1. The molecule has 0 bridgehead atoms. The lowest BCUT2D eigenvalue weighted by Gasteiger charge is -2.31. The highest BCUT2D eigenvalue weighted by molar-refractivity contribution is 7.89. The number of halogens is 2. The summed E-state index contributed by atoms with van der Waals surface area (Å²) < 4.78 is 26.8. The van der Waals surface area contributed by atoms with Gasteiger partial charge < -0.3 is 10.2 Å². The number of benzene rings is 2. The summed E-state index contributed by atoms with van der Waals surface area (Å²) in [5, 5.41) is 3.73. The molecule has 0 aliphatic carbocycles. The molecule has 2 aromatic rings. The van der Waals surface area contributed by atoms with Crippen LogP contribution in [0.1, 0.15) is 45.6 Å². The number of nitrogens with zero attached hydrogens (tertiary/aromatic N) is 2. The fraction of sp³-hybridized carbons (Fsp3) is 0.462. The largest absolute Gasteiger partial charge is 0.354 e. The van der Waals surface area contributed by atoms with Crippen molar-refractivity contribution in [2.45, 2.75) is 57.5 Å². The van der Waals surface area contributed by atoms with Gasteiger partial charge in [-0.05, 0) is 43.0 Å². The number of carbonyl (C=O) groups is 2. The van der Waals surface area contributed by atoms with Gasteiger partial charge in [0.15, 0.2) is 0 Å². The van der Waals surface area contributed by atoms with Crippen LogP contribution in [0, 0.1) is 5.92 Å². The summed E-state index contributed by atoms with van der Waals surface area (Å²) in [6, 6.07) is 12.5. The topological polar surface area (TPSA) is 86.8 Å². The summed E-state index contributed by atoms with van der Waals surface area (Å²) in [5.41, 5.74) is 0.563. The van der Waals surface area contributed by atoms with E-state index in [4.69, 9.17) is 23.2 Å². The van der Waals surface area contributed by atoms with Gasteiger partial charge in [0, 0.05) is 48.7 Å². The average molecular weight is 557 g/mol. The third kappa shape index (κ3) is 8.20. The van der Waals surface area contributed by atoms with Crippen molar-refractivity contribution in [3.8, 4) is 0 Å². The predicted octanol–water partition coefficient (Wildman–Crippen LogP) is 4.97. The smallest absolute Gasteiger partial charge is 0.242 e. The van der Waals surface area contributed by atoms with E-state index in [2.05, 4.69) is 5.32 Å². The molecule has 0 saturated carbocycles. The van der Waals surface area contributed by atoms with Crippen LogP contribution >= 0.6 is 23.2 Å². The maximum Gasteiger partial charge on any atom is 0.242 e. The fourth-order valence-electron chi connectivity index (χ4n) is 3.68. The van der Waals surface area contributed by atoms with Gasteiger partial charge in [0.05, 0.1) is 4.90 Å². The first kappa shape index (κ1) is 30.1. The Morgan fingerprint density at radius 1 is 1.00 bits per heavy atom. The molecule has 10 heteroatoms. The second-order valence-electron chi connectivity index (χ2n) is 9.03. The van der Waals surface area contributed by atoms with Crippen molar-refractivity contribution < 1.29 is 18.0 Å². The molecule has 0 saturated heterocycles. The van der Waals surface area contributed by atoms with E-state index < -0.39 is 16.1 Å². The van der Waals surface area contributed by atoms with Crippen LogP contribution in [-0.4, -0.2) is 55.6 Å². The zero-order valence-corrected chi connectivity index (χ0v) is 23.5. The highest BCUT2D eigenvalue weighted by atomic mass is 35.5. The number of amides is 2. The summed E-state index contributed by atoms with van der Waals surface area (Å²) >= 11 is 12.7. The van der Waals surface area contributed by atoms with E-state index in [9.17, 15) is 18.0 Å². The van der Waals surface area contributed by atoms with Crippen molar-refractivity contribution >= 4 is 45.0 Å². The number of hydrogen-bond acceptors (Lipinski definition) is 4. The summed E-state index contributed by atoms with van der Waals surface area (Å²) in [6.07, 6.45) is 0.753. The molecule has 2 amide bonds. The lowest BCUT2D eigenvalue weighted by Crippen LogP contribution is -2.49. The molecule has 0 spiro atoms. The fourth-order valence-corrected chi connectivity index (χ4v) is 5.43. The third-order valence-electron chi connectivity index (χ3n) is 5.78. The summed E-state index contributed by atoms with van der Waals surface area (Å²) in [7, 11) is -2.17. The summed E-state index contributed by atoms with van der Waals surface area (Å²) in [6.45, 7) is 6.55. The standard InChI is InChI=1S/C26H35Cl2N3O4S/c1-5-24(26(33)29-17-19(2)3)31(18-21-22(27)13-9-14-23(21)28)25(32)15-10-16-30(4)36(34,35)20-11-7-6-8-12-20/h6-9,11-14,19,24H,5,10,15-18H2,1-4H3,(H,29,33)/t24-/m1/s1. The Morgan fingerprint density at radius 2 is 1.61 bits per heavy atom. The minimum Gasteiger partial charge on any atom is -0.354 e. The van der Waals surface area contributed by atoms with Crippen LogP contribution in [0.25, 0.3) is 0 Å². The van der Waals surface area contributed by atoms with E-state index >= 15 is 0 Å².